The second kappa shape index (κ2) is 4.17. The Bertz CT molecular complexity index is 590. The fraction of sp³-hybridized carbons (Fsp3) is 0.467. The smallest absolute Gasteiger partial charge is 0.299 e. The Labute approximate surface area is 121 Å². The largest absolute Gasteiger partial charge is 0.304 e. The molecule has 0 radical (unpaired) electrons. The van der Waals surface area contributed by atoms with E-state index in [1.54, 1.807) is 4.90 Å². The number of halogens is 1. The van der Waals surface area contributed by atoms with Gasteiger partial charge in [0.1, 0.15) is 0 Å². The number of rotatable bonds is 3. The van der Waals surface area contributed by atoms with Crippen LogP contribution in [0, 0.1) is 19.3 Å². The van der Waals surface area contributed by atoms with Crippen molar-refractivity contribution in [1.29, 1.82) is 0 Å². The number of amides is 1. The second-order valence-corrected chi connectivity index (χ2v) is 6.39. The summed E-state index contributed by atoms with van der Waals surface area (Å²) in [5.41, 5.74) is 3.57. The van der Waals surface area contributed by atoms with Crippen molar-refractivity contribution < 1.29 is 9.59 Å². The number of aryl methyl sites for hydroxylation is 2. The minimum Gasteiger partial charge on any atom is -0.304 e. The molecule has 100 valence electrons. The van der Waals surface area contributed by atoms with Gasteiger partial charge < -0.3 is 4.90 Å². The third-order valence-corrected chi connectivity index (χ3v) is 5.34. The number of fused-ring (bicyclic) bond motifs is 1. The Morgan fingerprint density at radius 2 is 1.95 bits per heavy atom. The molecule has 19 heavy (non-hydrogen) atoms. The summed E-state index contributed by atoms with van der Waals surface area (Å²) < 4.78 is 0. The molecule has 0 spiro atoms. The molecule has 0 bridgehead atoms. The van der Waals surface area contributed by atoms with Crippen LogP contribution < -0.4 is 4.90 Å². The number of anilines is 1. The number of hydrogen-bond donors (Lipinski definition) is 0. The first-order valence-electron chi connectivity index (χ1n) is 6.51. The zero-order chi connectivity index (χ0) is 13.8. The monoisotopic (exact) mass is 321 g/mol. The van der Waals surface area contributed by atoms with Crippen molar-refractivity contribution in [3.05, 3.63) is 28.8 Å². The van der Waals surface area contributed by atoms with Crippen LogP contribution in [-0.2, 0) is 4.79 Å². The number of alkyl halides is 1. The Hall–Kier alpha value is -1.16. The molecule has 1 aromatic rings. The molecule has 1 aromatic carbocycles. The molecule has 2 aliphatic rings. The molecule has 3 rings (SSSR count). The predicted octanol–water partition coefficient (Wildman–Crippen LogP) is 3.01. The zero-order valence-corrected chi connectivity index (χ0v) is 12.7. The van der Waals surface area contributed by atoms with E-state index < -0.39 is 0 Å². The van der Waals surface area contributed by atoms with E-state index in [1.165, 1.54) is 0 Å². The Balaban J connectivity index is 2.04. The summed E-state index contributed by atoms with van der Waals surface area (Å²) in [4.78, 5) is 26.0. The normalized spacial score (nSPS) is 19.8. The van der Waals surface area contributed by atoms with Crippen LogP contribution in [-0.4, -0.2) is 23.6 Å². The third-order valence-electron chi connectivity index (χ3n) is 4.15. The van der Waals surface area contributed by atoms with Crippen LogP contribution in [0.15, 0.2) is 12.1 Å². The van der Waals surface area contributed by atoms with E-state index in [1.807, 2.05) is 26.0 Å². The van der Waals surface area contributed by atoms with Gasteiger partial charge in [0.25, 0.3) is 11.7 Å². The van der Waals surface area contributed by atoms with Gasteiger partial charge in [-0.15, -0.1) is 0 Å². The summed E-state index contributed by atoms with van der Waals surface area (Å²) in [7, 11) is 0. The van der Waals surface area contributed by atoms with Crippen molar-refractivity contribution in [2.24, 2.45) is 5.41 Å². The first-order valence-corrected chi connectivity index (χ1v) is 7.63. The van der Waals surface area contributed by atoms with Crippen LogP contribution in [0.4, 0.5) is 5.69 Å². The number of benzene rings is 1. The van der Waals surface area contributed by atoms with Gasteiger partial charge in [-0.3, -0.25) is 9.59 Å². The van der Waals surface area contributed by atoms with Crippen molar-refractivity contribution in [2.75, 3.05) is 16.8 Å². The average Bonchev–Trinajstić information content (AvgIpc) is 3.09. The Morgan fingerprint density at radius 3 is 2.53 bits per heavy atom. The zero-order valence-electron chi connectivity index (χ0n) is 11.1. The Morgan fingerprint density at radius 1 is 1.26 bits per heavy atom. The molecule has 1 aliphatic carbocycles. The lowest BCUT2D eigenvalue weighted by Crippen LogP contribution is -2.35. The molecule has 0 atom stereocenters. The summed E-state index contributed by atoms with van der Waals surface area (Å²) in [6, 6.07) is 3.92. The number of carbonyl (C=O) groups excluding carboxylic acids is 2. The molecule has 0 aromatic heterocycles. The molecule has 1 fully saturated rings. The second-order valence-electron chi connectivity index (χ2n) is 5.83. The molecule has 1 amide bonds. The highest BCUT2D eigenvalue weighted by atomic mass is 79.9. The van der Waals surface area contributed by atoms with Crippen LogP contribution in [0.25, 0.3) is 0 Å². The molecule has 0 unspecified atom stereocenters. The predicted molar refractivity (Wildman–Crippen MR) is 78.1 cm³/mol. The number of carbonyl (C=O) groups is 2. The number of Topliss-reactive ketones (excluding diaryl/α,β-unsaturated/α-hetero) is 1. The highest BCUT2D eigenvalue weighted by Crippen LogP contribution is 2.49. The summed E-state index contributed by atoms with van der Waals surface area (Å²) in [6.45, 7) is 4.55. The molecule has 1 heterocycles. The fourth-order valence-electron chi connectivity index (χ4n) is 2.80. The van der Waals surface area contributed by atoms with Gasteiger partial charge in [-0.1, -0.05) is 22.0 Å². The van der Waals surface area contributed by atoms with E-state index in [0.717, 1.165) is 35.0 Å². The van der Waals surface area contributed by atoms with Gasteiger partial charge >= 0.3 is 0 Å². The molecule has 4 heteroatoms. The van der Waals surface area contributed by atoms with Crippen LogP contribution in [0.1, 0.15) is 34.3 Å². The van der Waals surface area contributed by atoms with E-state index in [4.69, 9.17) is 0 Å². The maximum Gasteiger partial charge on any atom is 0.299 e. The van der Waals surface area contributed by atoms with E-state index in [2.05, 4.69) is 15.9 Å². The van der Waals surface area contributed by atoms with E-state index in [9.17, 15) is 9.59 Å². The van der Waals surface area contributed by atoms with Gasteiger partial charge in [-0.2, -0.15) is 0 Å². The van der Waals surface area contributed by atoms with Gasteiger partial charge in [0.05, 0.1) is 11.3 Å². The lowest BCUT2D eigenvalue weighted by atomic mass is 10.0. The summed E-state index contributed by atoms with van der Waals surface area (Å²) in [5, 5.41) is 0.887. The lowest BCUT2D eigenvalue weighted by molar-refractivity contribution is -0.114. The van der Waals surface area contributed by atoms with Crippen molar-refractivity contribution >= 4 is 33.3 Å². The molecule has 1 saturated carbocycles. The standard InChI is InChI=1S/C15H16BrNO2/c1-9-5-10(2)12-11(6-9)17(14(19)13(12)18)8-15(7-16)3-4-15/h5-6H,3-4,7-8H2,1-2H3. The van der Waals surface area contributed by atoms with Crippen molar-refractivity contribution in [3.63, 3.8) is 0 Å². The third kappa shape index (κ3) is 1.93. The van der Waals surface area contributed by atoms with E-state index in [-0.39, 0.29) is 17.1 Å². The topological polar surface area (TPSA) is 37.4 Å². The van der Waals surface area contributed by atoms with Gasteiger partial charge in [-0.25, -0.2) is 0 Å². The molecule has 3 nitrogen and oxygen atoms in total. The number of hydrogen-bond acceptors (Lipinski definition) is 2. The highest BCUT2D eigenvalue weighted by molar-refractivity contribution is 9.09. The van der Waals surface area contributed by atoms with Crippen LogP contribution >= 0.6 is 15.9 Å². The highest BCUT2D eigenvalue weighted by Gasteiger charge is 2.47. The van der Waals surface area contributed by atoms with Crippen LogP contribution in [0.5, 0.6) is 0 Å². The van der Waals surface area contributed by atoms with Crippen molar-refractivity contribution in [2.45, 2.75) is 26.7 Å². The van der Waals surface area contributed by atoms with Gasteiger partial charge in [0.2, 0.25) is 0 Å². The SMILES string of the molecule is Cc1cc(C)c2c(c1)N(CC1(CBr)CC1)C(=O)C2=O. The van der Waals surface area contributed by atoms with Crippen molar-refractivity contribution in [3.8, 4) is 0 Å². The number of ketones is 1. The summed E-state index contributed by atoms with van der Waals surface area (Å²) in [6.07, 6.45) is 2.24. The first-order chi connectivity index (χ1) is 8.97. The minimum atomic E-state index is -0.365. The fourth-order valence-corrected chi connectivity index (χ4v) is 3.53. The molecular weight excluding hydrogens is 306 g/mol. The molecule has 0 N–H and O–H groups in total. The number of nitrogens with zero attached hydrogens (tertiary/aromatic N) is 1. The van der Waals surface area contributed by atoms with Crippen molar-refractivity contribution in [1.82, 2.24) is 0 Å². The maximum atomic E-state index is 12.2. The minimum absolute atomic E-state index is 0.176. The van der Waals surface area contributed by atoms with E-state index in [0.29, 0.717) is 12.1 Å². The van der Waals surface area contributed by atoms with Gasteiger partial charge in [0.15, 0.2) is 0 Å². The molecule has 1 aliphatic heterocycles. The van der Waals surface area contributed by atoms with E-state index >= 15 is 0 Å². The maximum absolute atomic E-state index is 12.2. The van der Waals surface area contributed by atoms with Gasteiger partial charge in [-0.05, 0) is 49.3 Å². The lowest BCUT2D eigenvalue weighted by Gasteiger charge is -2.22. The summed E-state index contributed by atoms with van der Waals surface area (Å²) >= 11 is 3.52. The van der Waals surface area contributed by atoms with Crippen LogP contribution in [0.2, 0.25) is 0 Å². The average molecular weight is 322 g/mol. The molecular formula is C15H16BrNO2. The summed E-state index contributed by atoms with van der Waals surface area (Å²) in [5.74, 6) is -0.714. The van der Waals surface area contributed by atoms with Gasteiger partial charge in [0, 0.05) is 11.9 Å². The quantitative estimate of drug-likeness (QED) is 0.634. The Kier molecular flexibility index (Phi) is 2.82. The van der Waals surface area contributed by atoms with Crippen LogP contribution in [0.3, 0.4) is 0 Å². The first kappa shape index (κ1) is 12.9. The molecule has 0 saturated heterocycles.